The molecule has 3 heteroatoms. The van der Waals surface area contributed by atoms with E-state index in [9.17, 15) is 0 Å². The quantitative estimate of drug-likeness (QED) is 0.760. The summed E-state index contributed by atoms with van der Waals surface area (Å²) in [7, 11) is 2.29. The molecule has 0 bridgehead atoms. The first kappa shape index (κ1) is 14.3. The first-order valence-corrected chi connectivity index (χ1v) is 7.95. The van der Waals surface area contributed by atoms with Gasteiger partial charge in [0.25, 0.3) is 0 Å². The van der Waals surface area contributed by atoms with Gasteiger partial charge in [-0.3, -0.25) is 0 Å². The van der Waals surface area contributed by atoms with E-state index < -0.39 is 0 Å². The molecule has 0 heterocycles. The van der Waals surface area contributed by atoms with Crippen molar-refractivity contribution in [3.8, 4) is 0 Å². The Kier molecular flexibility index (Phi) is 5.93. The molecule has 3 N–H and O–H groups in total. The highest BCUT2D eigenvalue weighted by Gasteiger charge is 2.24. The molecule has 0 saturated heterocycles. The Morgan fingerprint density at radius 2 is 1.72 bits per heavy atom. The van der Waals surface area contributed by atoms with Gasteiger partial charge >= 0.3 is 0 Å². The zero-order valence-corrected chi connectivity index (χ0v) is 12.0. The molecule has 18 heavy (non-hydrogen) atoms. The van der Waals surface area contributed by atoms with Crippen molar-refractivity contribution in [2.75, 3.05) is 26.7 Å². The van der Waals surface area contributed by atoms with Crippen LogP contribution in [-0.4, -0.2) is 43.7 Å². The van der Waals surface area contributed by atoms with Crippen LogP contribution >= 0.6 is 0 Å². The lowest BCUT2D eigenvalue weighted by molar-refractivity contribution is 0.221. The molecule has 2 aliphatic carbocycles. The number of nitrogens with two attached hydrogens (primary N) is 1. The highest BCUT2D eigenvalue weighted by molar-refractivity contribution is 4.82. The number of hydrogen-bond acceptors (Lipinski definition) is 3. The summed E-state index contributed by atoms with van der Waals surface area (Å²) >= 11 is 0. The van der Waals surface area contributed by atoms with Gasteiger partial charge in [-0.05, 0) is 45.2 Å². The first-order valence-electron chi connectivity index (χ1n) is 7.95. The maximum Gasteiger partial charge on any atom is 0.0108 e. The summed E-state index contributed by atoms with van der Waals surface area (Å²) in [5.74, 6) is 0.718. The molecule has 0 aliphatic heterocycles. The Hall–Kier alpha value is -0.120. The van der Waals surface area contributed by atoms with Crippen molar-refractivity contribution in [2.24, 2.45) is 11.7 Å². The van der Waals surface area contributed by atoms with Gasteiger partial charge in [0.2, 0.25) is 0 Å². The molecule has 0 aromatic heterocycles. The van der Waals surface area contributed by atoms with Gasteiger partial charge in [0.05, 0.1) is 0 Å². The second-order valence-electron chi connectivity index (χ2n) is 6.26. The van der Waals surface area contributed by atoms with E-state index in [4.69, 9.17) is 5.73 Å². The van der Waals surface area contributed by atoms with Crippen LogP contribution in [0.3, 0.4) is 0 Å². The first-order chi connectivity index (χ1) is 8.81. The molecule has 2 rings (SSSR count). The van der Waals surface area contributed by atoms with Crippen molar-refractivity contribution in [1.82, 2.24) is 10.2 Å². The Balaban J connectivity index is 1.64. The predicted molar refractivity (Wildman–Crippen MR) is 77.7 cm³/mol. The summed E-state index contributed by atoms with van der Waals surface area (Å²) in [5, 5.41) is 3.76. The van der Waals surface area contributed by atoms with Gasteiger partial charge < -0.3 is 16.0 Å². The van der Waals surface area contributed by atoms with E-state index in [2.05, 4.69) is 17.3 Å². The van der Waals surface area contributed by atoms with Gasteiger partial charge in [-0.1, -0.05) is 25.7 Å². The standard InChI is InChI=1S/C15H31N3/c1-18(14-7-3-4-8-14)11-10-17-15-9-5-2-6-13(15)12-16/h13-15,17H,2-12,16H2,1H3. The fourth-order valence-electron chi connectivity index (χ4n) is 3.71. The molecular weight excluding hydrogens is 222 g/mol. The molecular formula is C15H31N3. The van der Waals surface area contributed by atoms with Crippen molar-refractivity contribution in [2.45, 2.75) is 63.5 Å². The number of nitrogens with one attached hydrogen (secondary N) is 1. The zero-order chi connectivity index (χ0) is 12.8. The minimum absolute atomic E-state index is 0.681. The van der Waals surface area contributed by atoms with Crippen LogP contribution in [0.2, 0.25) is 0 Å². The molecule has 3 nitrogen and oxygen atoms in total. The van der Waals surface area contributed by atoms with E-state index in [1.807, 2.05) is 0 Å². The maximum atomic E-state index is 5.87. The monoisotopic (exact) mass is 253 g/mol. The smallest absolute Gasteiger partial charge is 0.0108 e. The Labute approximate surface area is 112 Å². The molecule has 2 unspecified atom stereocenters. The molecule has 0 aromatic rings. The number of rotatable bonds is 6. The van der Waals surface area contributed by atoms with E-state index in [1.165, 1.54) is 57.9 Å². The van der Waals surface area contributed by atoms with E-state index >= 15 is 0 Å². The van der Waals surface area contributed by atoms with Gasteiger partial charge in [0, 0.05) is 25.2 Å². The van der Waals surface area contributed by atoms with Gasteiger partial charge in [-0.15, -0.1) is 0 Å². The summed E-state index contributed by atoms with van der Waals surface area (Å²) in [6.45, 7) is 3.18. The lowest BCUT2D eigenvalue weighted by Gasteiger charge is -2.32. The summed E-state index contributed by atoms with van der Waals surface area (Å²) in [6.07, 6.45) is 11.1. The van der Waals surface area contributed by atoms with Crippen molar-refractivity contribution in [3.63, 3.8) is 0 Å². The van der Waals surface area contributed by atoms with Gasteiger partial charge in [-0.2, -0.15) is 0 Å². The topological polar surface area (TPSA) is 41.3 Å². The molecule has 2 atom stereocenters. The average molecular weight is 253 g/mol. The van der Waals surface area contributed by atoms with Crippen molar-refractivity contribution in [1.29, 1.82) is 0 Å². The summed E-state index contributed by atoms with van der Waals surface area (Å²) in [4.78, 5) is 2.56. The lowest BCUT2D eigenvalue weighted by atomic mass is 9.84. The van der Waals surface area contributed by atoms with E-state index in [0.717, 1.165) is 25.0 Å². The van der Waals surface area contributed by atoms with Gasteiger partial charge in [0.15, 0.2) is 0 Å². The van der Waals surface area contributed by atoms with E-state index in [-0.39, 0.29) is 0 Å². The van der Waals surface area contributed by atoms with Crippen molar-refractivity contribution in [3.05, 3.63) is 0 Å². The van der Waals surface area contributed by atoms with Crippen LogP contribution in [-0.2, 0) is 0 Å². The third kappa shape index (κ3) is 3.94. The summed E-state index contributed by atoms with van der Waals surface area (Å²) < 4.78 is 0. The Morgan fingerprint density at radius 1 is 1.06 bits per heavy atom. The van der Waals surface area contributed by atoms with Crippen LogP contribution in [0.1, 0.15) is 51.4 Å². The number of likely N-dealkylation sites (N-methyl/N-ethyl adjacent to an activating group) is 1. The van der Waals surface area contributed by atoms with Crippen molar-refractivity contribution >= 4 is 0 Å². The summed E-state index contributed by atoms with van der Waals surface area (Å²) in [6, 6.07) is 1.53. The van der Waals surface area contributed by atoms with E-state index in [0.29, 0.717) is 6.04 Å². The zero-order valence-electron chi connectivity index (χ0n) is 12.0. The minimum atomic E-state index is 0.681. The third-order valence-corrected chi connectivity index (χ3v) is 5.03. The highest BCUT2D eigenvalue weighted by Crippen LogP contribution is 2.24. The predicted octanol–water partition coefficient (Wildman–Crippen LogP) is 1.97. The minimum Gasteiger partial charge on any atom is -0.330 e. The molecule has 2 saturated carbocycles. The molecule has 0 radical (unpaired) electrons. The molecule has 2 fully saturated rings. The second-order valence-corrected chi connectivity index (χ2v) is 6.26. The fraction of sp³-hybridized carbons (Fsp3) is 1.00. The van der Waals surface area contributed by atoms with Gasteiger partial charge in [-0.25, -0.2) is 0 Å². The largest absolute Gasteiger partial charge is 0.330 e. The summed E-state index contributed by atoms with van der Waals surface area (Å²) in [5.41, 5.74) is 5.87. The lowest BCUT2D eigenvalue weighted by Crippen LogP contribution is -2.45. The average Bonchev–Trinajstić information content (AvgIpc) is 2.93. The van der Waals surface area contributed by atoms with Crippen LogP contribution in [0, 0.1) is 5.92 Å². The van der Waals surface area contributed by atoms with Crippen LogP contribution in [0.15, 0.2) is 0 Å². The Morgan fingerprint density at radius 3 is 2.44 bits per heavy atom. The van der Waals surface area contributed by atoms with Crippen LogP contribution in [0.5, 0.6) is 0 Å². The van der Waals surface area contributed by atoms with Gasteiger partial charge in [0.1, 0.15) is 0 Å². The fourth-order valence-corrected chi connectivity index (χ4v) is 3.71. The SMILES string of the molecule is CN(CCNC1CCCCC1CN)C1CCCC1. The Bertz CT molecular complexity index is 226. The van der Waals surface area contributed by atoms with E-state index in [1.54, 1.807) is 0 Å². The van der Waals surface area contributed by atoms with Crippen molar-refractivity contribution < 1.29 is 0 Å². The van der Waals surface area contributed by atoms with Crippen LogP contribution in [0.25, 0.3) is 0 Å². The molecule has 0 aromatic carbocycles. The molecule has 0 spiro atoms. The highest BCUT2D eigenvalue weighted by atomic mass is 15.1. The normalized spacial score (nSPS) is 30.2. The number of nitrogens with zero attached hydrogens (tertiary/aromatic N) is 1. The molecule has 0 amide bonds. The molecule has 106 valence electrons. The third-order valence-electron chi connectivity index (χ3n) is 5.03. The van der Waals surface area contributed by atoms with Crippen LogP contribution < -0.4 is 11.1 Å². The number of hydrogen-bond donors (Lipinski definition) is 2. The molecule has 2 aliphatic rings. The van der Waals surface area contributed by atoms with Crippen LogP contribution in [0.4, 0.5) is 0 Å². The maximum absolute atomic E-state index is 5.87. The second kappa shape index (κ2) is 7.46.